The summed E-state index contributed by atoms with van der Waals surface area (Å²) < 4.78 is 2.33. The van der Waals surface area contributed by atoms with Gasteiger partial charge in [-0.05, 0) is 75.7 Å². The van der Waals surface area contributed by atoms with Crippen LogP contribution in [0.4, 0.5) is 0 Å². The van der Waals surface area contributed by atoms with Gasteiger partial charge in [0.2, 0.25) is 0 Å². The highest BCUT2D eigenvalue weighted by Gasteiger charge is 2.29. The van der Waals surface area contributed by atoms with Gasteiger partial charge in [-0.1, -0.05) is 59.3 Å². The molecule has 0 amide bonds. The van der Waals surface area contributed by atoms with Crippen molar-refractivity contribution in [2.75, 3.05) is 13.2 Å². The zero-order chi connectivity index (χ0) is 28.8. The van der Waals surface area contributed by atoms with Crippen LogP contribution in [0.3, 0.4) is 0 Å². The number of hydrogen-bond acceptors (Lipinski definition) is 3. The fraction of sp³-hybridized carbons (Fsp3) is 0.618. The third-order valence-electron chi connectivity index (χ3n) is 7.89. The van der Waals surface area contributed by atoms with Gasteiger partial charge >= 0.3 is 6.85 Å². The number of aliphatic hydroxyl groups is 2. The van der Waals surface area contributed by atoms with E-state index in [0.717, 1.165) is 37.1 Å². The van der Waals surface area contributed by atoms with Crippen molar-refractivity contribution in [3.05, 3.63) is 39.4 Å². The van der Waals surface area contributed by atoms with E-state index in [1.807, 2.05) is 0 Å². The number of hydrogen-bond donors (Lipinski definition) is 2. The Morgan fingerprint density at radius 2 is 1.41 bits per heavy atom. The van der Waals surface area contributed by atoms with Crippen LogP contribution in [-0.2, 0) is 6.42 Å². The second-order valence-electron chi connectivity index (χ2n) is 10.6. The summed E-state index contributed by atoms with van der Waals surface area (Å²) in [6.07, 6.45) is 12.6. The van der Waals surface area contributed by atoms with E-state index in [1.54, 1.807) is 0 Å². The summed E-state index contributed by atoms with van der Waals surface area (Å²) in [5.74, 6) is 13.0. The Balaban J connectivity index is 2.72. The quantitative estimate of drug-likeness (QED) is 0.150. The van der Waals surface area contributed by atoms with Gasteiger partial charge in [0.25, 0.3) is 0 Å². The molecule has 0 spiro atoms. The first-order valence-corrected chi connectivity index (χ1v) is 15.3. The Hall–Kier alpha value is -2.47. The maximum Gasteiger partial charge on any atom is 0.433 e. The van der Waals surface area contributed by atoms with Crippen LogP contribution < -0.4 is 0 Å². The van der Waals surface area contributed by atoms with Gasteiger partial charge in [-0.25, -0.2) is 0 Å². The van der Waals surface area contributed by atoms with E-state index in [-0.39, 0.29) is 20.1 Å². The molecule has 212 valence electrons. The lowest BCUT2D eigenvalue weighted by Gasteiger charge is -2.19. The van der Waals surface area contributed by atoms with Crippen molar-refractivity contribution in [3.63, 3.8) is 0 Å². The van der Waals surface area contributed by atoms with E-state index >= 15 is 0 Å². The Kier molecular flexibility index (Phi) is 14.5. The minimum atomic E-state index is -0.344. The van der Waals surface area contributed by atoms with Crippen molar-refractivity contribution in [2.45, 2.75) is 126 Å². The molecule has 4 nitrogen and oxygen atoms in total. The van der Waals surface area contributed by atoms with Crippen LogP contribution in [0.1, 0.15) is 128 Å². The lowest BCUT2D eigenvalue weighted by molar-refractivity contribution is 0.304. The van der Waals surface area contributed by atoms with Crippen LogP contribution >= 0.6 is 0 Å². The number of rotatable bonds is 14. The molecule has 0 aromatic carbocycles. The molecule has 1 aliphatic heterocycles. The second kappa shape index (κ2) is 17.3. The number of aromatic nitrogens is 1. The number of nitrogens with zero attached hydrogens (tertiary/aromatic N) is 2. The first kappa shape index (κ1) is 32.7. The molecule has 0 saturated heterocycles. The van der Waals surface area contributed by atoms with E-state index in [9.17, 15) is 10.2 Å². The summed E-state index contributed by atoms with van der Waals surface area (Å²) in [4.78, 5) is 5.17. The first-order chi connectivity index (χ1) is 18.9. The van der Waals surface area contributed by atoms with Gasteiger partial charge in [-0.2, -0.15) is 0 Å². The van der Waals surface area contributed by atoms with E-state index in [0.29, 0.717) is 12.8 Å². The predicted octanol–water partition coefficient (Wildman–Crippen LogP) is 7.41. The molecular formula is C34H51BN2O2. The van der Waals surface area contributed by atoms with Gasteiger partial charge in [0.1, 0.15) is 0 Å². The maximum absolute atomic E-state index is 9.38. The molecule has 1 aromatic rings. The topological polar surface area (TPSA) is 57.8 Å². The van der Waals surface area contributed by atoms with Crippen molar-refractivity contribution >= 4 is 18.1 Å². The molecule has 0 bridgehead atoms. The highest BCUT2D eigenvalue weighted by Crippen LogP contribution is 2.39. The number of unbranched alkanes of at least 4 members (excludes halogenated alkanes) is 6. The minimum absolute atomic E-state index is 0.0336. The average molecular weight is 531 g/mol. The summed E-state index contributed by atoms with van der Waals surface area (Å²) in [5, 5.41) is 18.8. The van der Waals surface area contributed by atoms with Gasteiger partial charge in [-0.15, -0.1) is 23.5 Å². The molecule has 0 atom stereocenters. The van der Waals surface area contributed by atoms with Crippen LogP contribution in [0.5, 0.6) is 0 Å². The van der Waals surface area contributed by atoms with Crippen molar-refractivity contribution in [3.8, 4) is 23.5 Å². The monoisotopic (exact) mass is 530 g/mol. The molecule has 0 saturated carbocycles. The predicted molar refractivity (Wildman–Crippen MR) is 169 cm³/mol. The molecule has 0 aliphatic carbocycles. The van der Waals surface area contributed by atoms with Gasteiger partial charge in [0, 0.05) is 35.5 Å². The summed E-state index contributed by atoms with van der Waals surface area (Å²) in [6.45, 7) is 15.2. The molecule has 0 radical (unpaired) electrons. The molecule has 2 heterocycles. The van der Waals surface area contributed by atoms with Crippen molar-refractivity contribution in [1.82, 2.24) is 4.48 Å². The summed E-state index contributed by atoms with van der Waals surface area (Å²) >= 11 is 0. The van der Waals surface area contributed by atoms with E-state index < -0.39 is 0 Å². The van der Waals surface area contributed by atoms with Gasteiger partial charge < -0.3 is 14.7 Å². The molecule has 1 aliphatic rings. The zero-order valence-corrected chi connectivity index (χ0v) is 25.8. The molecule has 5 heteroatoms. The number of aliphatic hydroxyl groups excluding tert-OH is 2. The highest BCUT2D eigenvalue weighted by atomic mass is 16.3. The molecule has 0 fully saturated rings. The lowest BCUT2D eigenvalue weighted by Crippen LogP contribution is -2.25. The average Bonchev–Trinajstić information content (AvgIpc) is 3.35. The Morgan fingerprint density at radius 3 is 1.92 bits per heavy atom. The molecule has 0 unspecified atom stereocenters. The first-order valence-electron chi connectivity index (χ1n) is 15.3. The Bertz CT molecular complexity index is 1150. The second-order valence-corrected chi connectivity index (χ2v) is 10.6. The SMILES string of the molecule is CCCCCCCCC/C(=C1/N=C(C)C(CC)=C1C)c1c(C)c(CC)c(C)n1B(C#CCCO)C#CCCO. The molecule has 39 heavy (non-hydrogen) atoms. The number of aliphatic imine (C=N–C) groups is 1. The van der Waals surface area contributed by atoms with E-state index in [1.165, 1.54) is 77.8 Å². The van der Waals surface area contributed by atoms with Crippen LogP contribution in [0.25, 0.3) is 5.57 Å². The number of allylic oxidation sites excluding steroid dienone is 3. The fourth-order valence-electron chi connectivity index (χ4n) is 5.89. The summed E-state index contributed by atoms with van der Waals surface area (Å²) in [5.41, 5.74) is 11.3. The van der Waals surface area contributed by atoms with Gasteiger partial charge in [-0.3, -0.25) is 4.99 Å². The van der Waals surface area contributed by atoms with Crippen molar-refractivity contribution in [2.24, 2.45) is 4.99 Å². The Labute approximate surface area is 239 Å². The van der Waals surface area contributed by atoms with Crippen molar-refractivity contribution in [1.29, 1.82) is 0 Å². The van der Waals surface area contributed by atoms with Crippen LogP contribution in [0.2, 0.25) is 0 Å². The highest BCUT2D eigenvalue weighted by molar-refractivity contribution is 6.74. The van der Waals surface area contributed by atoms with E-state index in [2.05, 4.69) is 76.4 Å². The summed E-state index contributed by atoms with van der Waals surface area (Å²) in [7, 11) is 0. The fourth-order valence-corrected chi connectivity index (χ4v) is 5.89. The largest absolute Gasteiger partial charge is 0.433 e. The lowest BCUT2D eigenvalue weighted by atomic mass is 9.63. The van der Waals surface area contributed by atoms with Gasteiger partial charge in [0.15, 0.2) is 0 Å². The normalized spacial score (nSPS) is 14.1. The molecule has 2 N–H and O–H groups in total. The third-order valence-corrected chi connectivity index (χ3v) is 7.89. The minimum Gasteiger partial charge on any atom is -0.395 e. The summed E-state index contributed by atoms with van der Waals surface area (Å²) in [6, 6.07) is 0. The van der Waals surface area contributed by atoms with Gasteiger partial charge in [0.05, 0.1) is 18.9 Å². The molecule has 1 aromatic heterocycles. The Morgan fingerprint density at radius 1 is 0.821 bits per heavy atom. The maximum atomic E-state index is 9.38. The zero-order valence-electron chi connectivity index (χ0n) is 25.8. The smallest absolute Gasteiger partial charge is 0.395 e. The molecular weight excluding hydrogens is 479 g/mol. The third kappa shape index (κ3) is 8.51. The standard InChI is InChI=1S/C34H51BN2O2/c1-8-11-12-13-14-15-16-21-32(33-26(4)30(9-2)28(6)36-33)34-27(5)31(10-3)29(7)37(34)35(22-17-19-24-38)23-18-20-25-39/h38-39H,8-16,19-21,24-25H2,1-7H3/b33-32-. The van der Waals surface area contributed by atoms with E-state index in [4.69, 9.17) is 4.99 Å². The molecule has 2 rings (SSSR count). The van der Waals surface area contributed by atoms with Crippen molar-refractivity contribution < 1.29 is 10.2 Å². The van der Waals surface area contributed by atoms with Crippen LogP contribution in [-0.4, -0.2) is 40.5 Å². The van der Waals surface area contributed by atoms with Crippen LogP contribution in [0, 0.1) is 37.3 Å². The van der Waals surface area contributed by atoms with Crippen LogP contribution in [0.15, 0.2) is 21.8 Å².